The highest BCUT2D eigenvalue weighted by molar-refractivity contribution is 6.07. The van der Waals surface area contributed by atoms with Crippen LogP contribution in [-0.4, -0.2) is 36.2 Å². The Morgan fingerprint density at radius 2 is 1.94 bits per heavy atom. The third-order valence-electron chi connectivity index (χ3n) is 6.15. The lowest BCUT2D eigenvalue weighted by molar-refractivity contribution is -0.137. The quantitative estimate of drug-likeness (QED) is 0.647. The van der Waals surface area contributed by atoms with E-state index < -0.39 is 29.7 Å². The van der Waals surface area contributed by atoms with Crippen molar-refractivity contribution < 1.29 is 27.6 Å². The number of carbonyl (C=O) groups is 3. The second kappa shape index (κ2) is 8.91. The Balaban J connectivity index is 1.92. The summed E-state index contributed by atoms with van der Waals surface area (Å²) in [5.74, 6) is -0.682. The van der Waals surface area contributed by atoms with E-state index in [2.05, 4.69) is 5.32 Å². The first kappa shape index (κ1) is 24.0. The number of halogens is 3. The number of nitrogens with one attached hydrogen (secondary N) is 1. The summed E-state index contributed by atoms with van der Waals surface area (Å²) in [6, 6.07) is 9.03. The molecular formula is C25H21F3N4O3. The Morgan fingerprint density at radius 3 is 2.60 bits per heavy atom. The van der Waals surface area contributed by atoms with Crippen LogP contribution in [0.15, 0.2) is 53.7 Å². The maximum absolute atomic E-state index is 13.3. The van der Waals surface area contributed by atoms with Crippen molar-refractivity contribution in [2.45, 2.75) is 32.0 Å². The number of benzene rings is 2. The largest absolute Gasteiger partial charge is 0.416 e. The van der Waals surface area contributed by atoms with Crippen molar-refractivity contribution in [1.29, 1.82) is 5.26 Å². The number of alkyl halides is 3. The molecule has 2 heterocycles. The number of hydrogen-bond donors (Lipinski definition) is 1. The number of anilines is 1. The molecule has 4 rings (SSSR count). The predicted octanol–water partition coefficient (Wildman–Crippen LogP) is 4.56. The van der Waals surface area contributed by atoms with Crippen LogP contribution in [0.4, 0.5) is 23.7 Å². The van der Waals surface area contributed by atoms with Gasteiger partial charge in [0.05, 0.1) is 34.5 Å². The highest BCUT2D eigenvalue weighted by atomic mass is 19.4. The molecular weight excluding hydrogens is 461 g/mol. The van der Waals surface area contributed by atoms with Gasteiger partial charge in [-0.05, 0) is 35.9 Å². The summed E-state index contributed by atoms with van der Waals surface area (Å²) in [4.78, 5) is 41.8. The monoisotopic (exact) mass is 482 g/mol. The SMILES string of the molecule is CCC(=O)c1cc(C#N)ccc1C1NC(=O)N(c2cccc(C(F)(F)F)c2)C2=C1C(=O)N(C)CC2. The lowest BCUT2D eigenvalue weighted by atomic mass is 9.86. The minimum Gasteiger partial charge on any atom is -0.341 e. The zero-order valence-electron chi connectivity index (χ0n) is 18.9. The number of rotatable bonds is 4. The molecule has 3 amide bonds. The maximum Gasteiger partial charge on any atom is 0.416 e. The van der Waals surface area contributed by atoms with Crippen molar-refractivity contribution >= 4 is 23.4 Å². The summed E-state index contributed by atoms with van der Waals surface area (Å²) >= 11 is 0. The minimum atomic E-state index is -4.61. The van der Waals surface area contributed by atoms with E-state index in [1.165, 1.54) is 35.2 Å². The van der Waals surface area contributed by atoms with Crippen LogP contribution in [0.25, 0.3) is 0 Å². The first-order valence-electron chi connectivity index (χ1n) is 10.9. The molecule has 0 bridgehead atoms. The summed E-state index contributed by atoms with van der Waals surface area (Å²) in [6.45, 7) is 1.92. The number of nitriles is 1. The number of urea groups is 1. The first-order chi connectivity index (χ1) is 16.6. The summed E-state index contributed by atoms with van der Waals surface area (Å²) in [5, 5.41) is 12.0. The van der Waals surface area contributed by atoms with Crippen molar-refractivity contribution in [2.24, 2.45) is 0 Å². The van der Waals surface area contributed by atoms with Gasteiger partial charge in [-0.2, -0.15) is 18.4 Å². The van der Waals surface area contributed by atoms with Gasteiger partial charge in [-0.1, -0.05) is 19.1 Å². The van der Waals surface area contributed by atoms with Gasteiger partial charge in [0.15, 0.2) is 5.78 Å². The first-order valence-corrected chi connectivity index (χ1v) is 10.9. The molecule has 0 radical (unpaired) electrons. The highest BCUT2D eigenvalue weighted by Gasteiger charge is 2.43. The number of likely N-dealkylation sites (N-methyl/N-ethyl adjacent to an activating group) is 1. The van der Waals surface area contributed by atoms with E-state index in [-0.39, 0.29) is 53.3 Å². The van der Waals surface area contributed by atoms with Crippen LogP contribution in [0.3, 0.4) is 0 Å². The fraction of sp³-hybridized carbons (Fsp3) is 0.280. The summed E-state index contributed by atoms with van der Waals surface area (Å²) < 4.78 is 40.0. The van der Waals surface area contributed by atoms with Crippen molar-refractivity contribution in [3.8, 4) is 6.07 Å². The zero-order valence-corrected chi connectivity index (χ0v) is 18.9. The van der Waals surface area contributed by atoms with Gasteiger partial charge in [0, 0.05) is 37.7 Å². The number of Topliss-reactive ketones (excluding diaryl/α,β-unsaturated/α-hetero) is 1. The molecule has 2 aliphatic rings. The third-order valence-corrected chi connectivity index (χ3v) is 6.15. The molecule has 0 spiro atoms. The van der Waals surface area contributed by atoms with Crippen molar-refractivity contribution in [3.63, 3.8) is 0 Å². The molecule has 1 N–H and O–H groups in total. The highest BCUT2D eigenvalue weighted by Crippen LogP contribution is 2.40. The molecule has 0 saturated heterocycles. The van der Waals surface area contributed by atoms with Crippen molar-refractivity contribution in [2.75, 3.05) is 18.5 Å². The molecule has 1 atom stereocenters. The molecule has 0 aromatic heterocycles. The number of ketones is 1. The van der Waals surface area contributed by atoms with E-state index in [1.807, 2.05) is 6.07 Å². The smallest absolute Gasteiger partial charge is 0.341 e. The minimum absolute atomic E-state index is 0.0229. The Labute approximate surface area is 199 Å². The predicted molar refractivity (Wildman–Crippen MR) is 120 cm³/mol. The Bertz CT molecular complexity index is 1310. The number of amides is 3. The molecule has 0 fully saturated rings. The van der Waals surface area contributed by atoms with Gasteiger partial charge >= 0.3 is 12.2 Å². The topological polar surface area (TPSA) is 93.5 Å². The fourth-order valence-corrected chi connectivity index (χ4v) is 4.38. The standard InChI is InChI=1S/C25H21F3N4O3/c1-3-20(33)18-11-14(13-29)7-8-17(18)22-21-19(9-10-31(2)23(21)34)32(24(35)30-22)16-6-4-5-15(12-16)25(26,27)28/h4-8,11-12,22H,3,9-10H2,1-2H3,(H,30,35). The van der Waals surface area contributed by atoms with Gasteiger partial charge in [0.25, 0.3) is 5.91 Å². The molecule has 180 valence electrons. The molecule has 0 aliphatic carbocycles. The summed E-state index contributed by atoms with van der Waals surface area (Å²) in [6.07, 6.45) is -4.24. The van der Waals surface area contributed by atoms with Gasteiger partial charge in [-0.3, -0.25) is 14.5 Å². The van der Waals surface area contributed by atoms with Crippen molar-refractivity contribution in [3.05, 3.63) is 76.0 Å². The normalized spacial score (nSPS) is 18.2. The van der Waals surface area contributed by atoms with E-state index >= 15 is 0 Å². The molecule has 2 aromatic carbocycles. The third kappa shape index (κ3) is 4.25. The number of carbonyl (C=O) groups excluding carboxylic acids is 3. The Morgan fingerprint density at radius 1 is 1.20 bits per heavy atom. The van der Waals surface area contributed by atoms with E-state index in [9.17, 15) is 32.8 Å². The second-order valence-corrected chi connectivity index (χ2v) is 8.29. The molecule has 2 aliphatic heterocycles. The van der Waals surface area contributed by atoms with Crippen LogP contribution in [-0.2, 0) is 11.0 Å². The van der Waals surface area contributed by atoms with Crippen LogP contribution < -0.4 is 10.2 Å². The van der Waals surface area contributed by atoms with Crippen LogP contribution >= 0.6 is 0 Å². The molecule has 0 saturated carbocycles. The lowest BCUT2D eigenvalue weighted by Gasteiger charge is -2.41. The number of nitrogens with zero attached hydrogens (tertiary/aromatic N) is 3. The summed E-state index contributed by atoms with van der Waals surface area (Å²) in [7, 11) is 1.59. The van der Waals surface area contributed by atoms with Crippen LogP contribution in [0.1, 0.15) is 52.9 Å². The number of hydrogen-bond acceptors (Lipinski definition) is 4. The zero-order chi connectivity index (χ0) is 25.5. The van der Waals surface area contributed by atoms with Gasteiger partial charge < -0.3 is 10.2 Å². The molecule has 2 aromatic rings. The van der Waals surface area contributed by atoms with Gasteiger partial charge in [-0.25, -0.2) is 4.79 Å². The van der Waals surface area contributed by atoms with Crippen LogP contribution in [0.2, 0.25) is 0 Å². The van der Waals surface area contributed by atoms with E-state index in [0.29, 0.717) is 5.56 Å². The average Bonchev–Trinajstić information content (AvgIpc) is 2.84. The van der Waals surface area contributed by atoms with Crippen LogP contribution in [0, 0.1) is 11.3 Å². The van der Waals surface area contributed by atoms with E-state index in [4.69, 9.17) is 0 Å². The molecule has 10 heteroatoms. The lowest BCUT2D eigenvalue weighted by Crippen LogP contribution is -2.53. The van der Waals surface area contributed by atoms with Gasteiger partial charge in [0.2, 0.25) is 0 Å². The Hall–Kier alpha value is -4.13. The van der Waals surface area contributed by atoms with Crippen LogP contribution in [0.5, 0.6) is 0 Å². The summed E-state index contributed by atoms with van der Waals surface area (Å²) in [5.41, 5.74) is 0.312. The van der Waals surface area contributed by atoms with Crippen molar-refractivity contribution in [1.82, 2.24) is 10.2 Å². The van der Waals surface area contributed by atoms with Gasteiger partial charge in [-0.15, -0.1) is 0 Å². The van der Waals surface area contributed by atoms with E-state index in [0.717, 1.165) is 17.0 Å². The molecule has 35 heavy (non-hydrogen) atoms. The fourth-order valence-electron chi connectivity index (χ4n) is 4.38. The maximum atomic E-state index is 13.3. The molecule has 1 unspecified atom stereocenters. The molecule has 7 nitrogen and oxygen atoms in total. The average molecular weight is 482 g/mol. The van der Waals surface area contributed by atoms with E-state index in [1.54, 1.807) is 14.0 Å². The van der Waals surface area contributed by atoms with Gasteiger partial charge in [0.1, 0.15) is 0 Å². The Kier molecular flexibility index (Phi) is 6.11. The second-order valence-electron chi connectivity index (χ2n) is 8.29.